The molecule has 0 amide bonds. The predicted molar refractivity (Wildman–Crippen MR) is 46.7 cm³/mol. The molecule has 13 heavy (non-hydrogen) atoms. The van der Waals surface area contributed by atoms with Gasteiger partial charge in [-0.25, -0.2) is 4.39 Å². The topological polar surface area (TPSA) is 43.1 Å². The molecule has 0 aliphatic heterocycles. The number of halogens is 1. The number of nitrogens with zero attached hydrogens (tertiary/aromatic N) is 1. The number of rotatable bonds is 3. The SMILES string of the molecule is Cc1cc(CC[N+](=O)[O-])ccc1F. The summed E-state index contributed by atoms with van der Waals surface area (Å²) in [7, 11) is 0. The van der Waals surface area contributed by atoms with E-state index in [0.29, 0.717) is 12.0 Å². The third kappa shape index (κ3) is 2.82. The van der Waals surface area contributed by atoms with Crippen LogP contribution in [0.2, 0.25) is 0 Å². The Balaban J connectivity index is 2.68. The van der Waals surface area contributed by atoms with Crippen LogP contribution < -0.4 is 0 Å². The van der Waals surface area contributed by atoms with E-state index in [1.54, 1.807) is 19.1 Å². The van der Waals surface area contributed by atoms with Crippen molar-refractivity contribution in [2.75, 3.05) is 6.54 Å². The third-order valence-corrected chi connectivity index (χ3v) is 1.81. The van der Waals surface area contributed by atoms with Gasteiger partial charge < -0.3 is 0 Å². The molecule has 0 spiro atoms. The highest BCUT2D eigenvalue weighted by Crippen LogP contribution is 2.09. The summed E-state index contributed by atoms with van der Waals surface area (Å²) in [5.74, 6) is -0.273. The van der Waals surface area contributed by atoms with Gasteiger partial charge >= 0.3 is 0 Å². The van der Waals surface area contributed by atoms with Crippen molar-refractivity contribution in [3.05, 3.63) is 45.3 Å². The van der Waals surface area contributed by atoms with Gasteiger partial charge in [0.2, 0.25) is 6.54 Å². The molecule has 0 aromatic heterocycles. The highest BCUT2D eigenvalue weighted by molar-refractivity contribution is 5.23. The first-order valence-electron chi connectivity index (χ1n) is 3.96. The van der Waals surface area contributed by atoms with Crippen LogP contribution in [0, 0.1) is 22.9 Å². The average molecular weight is 183 g/mol. The molecule has 4 heteroatoms. The Kier molecular flexibility index (Phi) is 2.95. The fourth-order valence-electron chi connectivity index (χ4n) is 1.08. The van der Waals surface area contributed by atoms with Gasteiger partial charge in [0.05, 0.1) is 0 Å². The molecule has 1 aromatic rings. The zero-order valence-electron chi connectivity index (χ0n) is 7.29. The Morgan fingerprint density at radius 2 is 2.23 bits per heavy atom. The van der Waals surface area contributed by atoms with Crippen molar-refractivity contribution >= 4 is 0 Å². The van der Waals surface area contributed by atoms with Crippen LogP contribution in [0.1, 0.15) is 11.1 Å². The lowest BCUT2D eigenvalue weighted by Crippen LogP contribution is -2.04. The van der Waals surface area contributed by atoms with Crippen LogP contribution >= 0.6 is 0 Å². The van der Waals surface area contributed by atoms with E-state index >= 15 is 0 Å². The van der Waals surface area contributed by atoms with E-state index in [1.165, 1.54) is 6.07 Å². The Morgan fingerprint density at radius 1 is 1.54 bits per heavy atom. The van der Waals surface area contributed by atoms with Gasteiger partial charge in [-0.05, 0) is 24.1 Å². The third-order valence-electron chi connectivity index (χ3n) is 1.81. The molecule has 0 saturated carbocycles. The molecule has 0 heterocycles. The maximum Gasteiger partial charge on any atom is 0.207 e. The maximum atomic E-state index is 12.8. The summed E-state index contributed by atoms with van der Waals surface area (Å²) in [6.07, 6.45) is 0.355. The second-order valence-electron chi connectivity index (χ2n) is 2.89. The summed E-state index contributed by atoms with van der Waals surface area (Å²) in [6.45, 7) is 1.54. The van der Waals surface area contributed by atoms with E-state index in [1.807, 2.05) is 0 Å². The van der Waals surface area contributed by atoms with Crippen molar-refractivity contribution in [3.63, 3.8) is 0 Å². The summed E-state index contributed by atoms with van der Waals surface area (Å²) >= 11 is 0. The molecule has 70 valence electrons. The molecule has 0 radical (unpaired) electrons. The van der Waals surface area contributed by atoms with E-state index in [0.717, 1.165) is 5.56 Å². The second kappa shape index (κ2) is 3.98. The van der Waals surface area contributed by atoms with Crippen LogP contribution in [-0.4, -0.2) is 11.5 Å². The molecule has 0 unspecified atom stereocenters. The van der Waals surface area contributed by atoms with Gasteiger partial charge in [0.1, 0.15) is 5.82 Å². The van der Waals surface area contributed by atoms with Crippen molar-refractivity contribution in [1.82, 2.24) is 0 Å². The molecule has 0 fully saturated rings. The van der Waals surface area contributed by atoms with Crippen molar-refractivity contribution in [2.24, 2.45) is 0 Å². The number of hydrogen-bond donors (Lipinski definition) is 0. The van der Waals surface area contributed by atoms with Crippen molar-refractivity contribution in [3.8, 4) is 0 Å². The summed E-state index contributed by atoms with van der Waals surface area (Å²) in [4.78, 5) is 9.68. The summed E-state index contributed by atoms with van der Waals surface area (Å²) in [6, 6.07) is 4.55. The Morgan fingerprint density at radius 3 is 2.77 bits per heavy atom. The van der Waals surface area contributed by atoms with Gasteiger partial charge in [0.15, 0.2) is 0 Å². The van der Waals surface area contributed by atoms with E-state index in [4.69, 9.17) is 0 Å². The molecule has 0 saturated heterocycles. The number of aryl methyl sites for hydroxylation is 1. The highest BCUT2D eigenvalue weighted by atomic mass is 19.1. The van der Waals surface area contributed by atoms with Crippen LogP contribution in [0.4, 0.5) is 4.39 Å². The summed E-state index contributed by atoms with van der Waals surface area (Å²) in [5, 5.41) is 10.1. The normalized spacial score (nSPS) is 10.0. The van der Waals surface area contributed by atoms with Gasteiger partial charge in [0, 0.05) is 11.3 Å². The minimum Gasteiger partial charge on any atom is -0.265 e. The molecule has 0 bridgehead atoms. The fourth-order valence-corrected chi connectivity index (χ4v) is 1.08. The number of hydrogen-bond acceptors (Lipinski definition) is 2. The Bertz CT molecular complexity index is 325. The first-order valence-corrected chi connectivity index (χ1v) is 3.96. The smallest absolute Gasteiger partial charge is 0.207 e. The van der Waals surface area contributed by atoms with E-state index in [2.05, 4.69) is 0 Å². The largest absolute Gasteiger partial charge is 0.265 e. The molecule has 0 N–H and O–H groups in total. The number of nitro groups is 1. The van der Waals surface area contributed by atoms with Crippen LogP contribution in [0.25, 0.3) is 0 Å². The first-order chi connectivity index (χ1) is 6.09. The molecular formula is C9H10FNO2. The summed E-state index contributed by atoms with van der Waals surface area (Å²) in [5.41, 5.74) is 1.33. The number of benzene rings is 1. The monoisotopic (exact) mass is 183 g/mol. The molecular weight excluding hydrogens is 173 g/mol. The lowest BCUT2D eigenvalue weighted by molar-refractivity contribution is -0.479. The van der Waals surface area contributed by atoms with E-state index in [9.17, 15) is 14.5 Å². The van der Waals surface area contributed by atoms with E-state index in [-0.39, 0.29) is 17.3 Å². The van der Waals surface area contributed by atoms with Gasteiger partial charge in [-0.15, -0.1) is 0 Å². The maximum absolute atomic E-state index is 12.8. The molecule has 0 aliphatic carbocycles. The zero-order valence-corrected chi connectivity index (χ0v) is 7.29. The van der Waals surface area contributed by atoms with E-state index < -0.39 is 0 Å². The van der Waals surface area contributed by atoms with Gasteiger partial charge in [0.25, 0.3) is 0 Å². The van der Waals surface area contributed by atoms with Gasteiger partial charge in [-0.3, -0.25) is 10.1 Å². The van der Waals surface area contributed by atoms with Gasteiger partial charge in [-0.2, -0.15) is 0 Å². The molecule has 3 nitrogen and oxygen atoms in total. The standard InChI is InChI=1S/C9H10FNO2/c1-7-6-8(2-3-9(7)10)4-5-11(12)13/h2-3,6H,4-5H2,1H3. The molecule has 0 atom stereocenters. The Labute approximate surface area is 75.3 Å². The highest BCUT2D eigenvalue weighted by Gasteiger charge is 2.02. The van der Waals surface area contributed by atoms with Crippen molar-refractivity contribution < 1.29 is 9.31 Å². The molecule has 1 rings (SSSR count). The van der Waals surface area contributed by atoms with Crippen LogP contribution in [0.15, 0.2) is 18.2 Å². The second-order valence-corrected chi connectivity index (χ2v) is 2.89. The fraction of sp³-hybridized carbons (Fsp3) is 0.333. The lowest BCUT2D eigenvalue weighted by atomic mass is 10.1. The minimum absolute atomic E-state index is 0.106. The average Bonchev–Trinajstić information content (AvgIpc) is 2.07. The summed E-state index contributed by atoms with van der Waals surface area (Å²) < 4.78 is 12.8. The predicted octanol–water partition coefficient (Wildman–Crippen LogP) is 1.95. The quantitative estimate of drug-likeness (QED) is 0.531. The van der Waals surface area contributed by atoms with Crippen LogP contribution in [-0.2, 0) is 6.42 Å². The zero-order chi connectivity index (χ0) is 9.84. The van der Waals surface area contributed by atoms with Crippen molar-refractivity contribution in [2.45, 2.75) is 13.3 Å². The van der Waals surface area contributed by atoms with Crippen molar-refractivity contribution in [1.29, 1.82) is 0 Å². The van der Waals surface area contributed by atoms with Crippen LogP contribution in [0.3, 0.4) is 0 Å². The minimum atomic E-state index is -0.376. The van der Waals surface area contributed by atoms with Gasteiger partial charge in [-0.1, -0.05) is 12.1 Å². The first kappa shape index (κ1) is 9.64. The Hall–Kier alpha value is -1.45. The lowest BCUT2D eigenvalue weighted by Gasteiger charge is -2.00. The van der Waals surface area contributed by atoms with Crippen LogP contribution in [0.5, 0.6) is 0 Å². The molecule has 1 aromatic carbocycles. The molecule has 0 aliphatic rings.